The number of hydrogen-bond donors (Lipinski definition) is 2. The van der Waals surface area contributed by atoms with E-state index in [1.165, 1.54) is 6.92 Å². The van der Waals surface area contributed by atoms with E-state index in [1.54, 1.807) is 37.4 Å². The van der Waals surface area contributed by atoms with Crippen LogP contribution >= 0.6 is 0 Å². The summed E-state index contributed by atoms with van der Waals surface area (Å²) in [6.07, 6.45) is 1.76. The molecule has 2 amide bonds. The standard InChI is InChI=1S/C23H24N2O5/c1-12-13(2)21-19(14(3)20(12)30-15(4)26)10-17(11-29-21)23(28)25-18-8-6-7-16(9-18)22(27)24-5/h6-10H,11H2,1-5H3,(H,24,27)(H,25,28). The second-order valence-corrected chi connectivity index (χ2v) is 7.11. The molecule has 0 bridgehead atoms. The number of carbonyl (C=O) groups is 3. The second kappa shape index (κ2) is 8.41. The Bertz CT molecular complexity index is 1090. The Morgan fingerprint density at radius 1 is 1.03 bits per heavy atom. The number of hydrogen-bond acceptors (Lipinski definition) is 5. The van der Waals surface area contributed by atoms with Crippen molar-refractivity contribution in [2.45, 2.75) is 27.7 Å². The number of fused-ring (bicyclic) bond motifs is 1. The molecule has 1 aliphatic heterocycles. The van der Waals surface area contributed by atoms with Crippen LogP contribution in [0.5, 0.6) is 11.5 Å². The molecule has 0 radical (unpaired) electrons. The average Bonchev–Trinajstić information content (AvgIpc) is 2.74. The van der Waals surface area contributed by atoms with Crippen LogP contribution in [0.1, 0.15) is 39.5 Å². The molecular weight excluding hydrogens is 384 g/mol. The van der Waals surface area contributed by atoms with Crippen molar-refractivity contribution in [3.8, 4) is 11.5 Å². The van der Waals surface area contributed by atoms with Crippen LogP contribution in [-0.4, -0.2) is 31.4 Å². The number of amides is 2. The highest BCUT2D eigenvalue weighted by Crippen LogP contribution is 2.41. The van der Waals surface area contributed by atoms with Crippen molar-refractivity contribution in [1.82, 2.24) is 5.32 Å². The number of nitrogens with one attached hydrogen (secondary N) is 2. The average molecular weight is 408 g/mol. The third-order valence-electron chi connectivity index (χ3n) is 5.07. The van der Waals surface area contributed by atoms with Crippen molar-refractivity contribution in [3.63, 3.8) is 0 Å². The van der Waals surface area contributed by atoms with Gasteiger partial charge in [0.1, 0.15) is 18.1 Å². The van der Waals surface area contributed by atoms with Crippen LogP contribution in [0.2, 0.25) is 0 Å². The van der Waals surface area contributed by atoms with Crippen LogP contribution < -0.4 is 20.1 Å². The first-order chi connectivity index (χ1) is 14.2. The van der Waals surface area contributed by atoms with Crippen LogP contribution in [0.3, 0.4) is 0 Å². The third-order valence-corrected chi connectivity index (χ3v) is 5.07. The Kier molecular flexibility index (Phi) is 5.91. The number of rotatable bonds is 4. The lowest BCUT2D eigenvalue weighted by Crippen LogP contribution is -2.23. The van der Waals surface area contributed by atoms with Gasteiger partial charge in [-0.1, -0.05) is 6.07 Å². The Morgan fingerprint density at radius 3 is 2.43 bits per heavy atom. The zero-order valence-corrected chi connectivity index (χ0v) is 17.6. The molecule has 1 aliphatic rings. The van der Waals surface area contributed by atoms with E-state index in [9.17, 15) is 14.4 Å². The van der Waals surface area contributed by atoms with Crippen molar-refractivity contribution < 1.29 is 23.9 Å². The molecule has 0 aromatic heterocycles. The van der Waals surface area contributed by atoms with Gasteiger partial charge in [0, 0.05) is 36.3 Å². The Labute approximate surface area is 175 Å². The second-order valence-electron chi connectivity index (χ2n) is 7.11. The van der Waals surface area contributed by atoms with E-state index in [4.69, 9.17) is 9.47 Å². The van der Waals surface area contributed by atoms with Gasteiger partial charge in [0.05, 0.1) is 5.57 Å². The molecule has 0 saturated heterocycles. The lowest BCUT2D eigenvalue weighted by Gasteiger charge is -2.24. The molecule has 0 fully saturated rings. The molecule has 2 aromatic rings. The molecule has 1 heterocycles. The quantitative estimate of drug-likeness (QED) is 0.598. The minimum absolute atomic E-state index is 0.112. The molecule has 0 atom stereocenters. The Hall–Kier alpha value is -3.61. The summed E-state index contributed by atoms with van der Waals surface area (Å²) in [5, 5.41) is 5.35. The van der Waals surface area contributed by atoms with Gasteiger partial charge in [-0.05, 0) is 56.2 Å². The lowest BCUT2D eigenvalue weighted by molar-refractivity contribution is -0.132. The van der Waals surface area contributed by atoms with E-state index in [2.05, 4.69) is 10.6 Å². The van der Waals surface area contributed by atoms with Crippen LogP contribution in [0.4, 0.5) is 5.69 Å². The van der Waals surface area contributed by atoms with E-state index in [0.717, 1.165) is 16.7 Å². The number of benzene rings is 2. The summed E-state index contributed by atoms with van der Waals surface area (Å²) in [6, 6.07) is 6.67. The SMILES string of the molecule is CNC(=O)c1cccc(NC(=O)C2=Cc3c(C)c(OC(C)=O)c(C)c(C)c3OC2)c1. The van der Waals surface area contributed by atoms with Gasteiger partial charge in [-0.3, -0.25) is 14.4 Å². The monoisotopic (exact) mass is 408 g/mol. The van der Waals surface area contributed by atoms with E-state index in [1.807, 2.05) is 20.8 Å². The summed E-state index contributed by atoms with van der Waals surface area (Å²) < 4.78 is 11.3. The molecule has 156 valence electrons. The van der Waals surface area contributed by atoms with Gasteiger partial charge >= 0.3 is 5.97 Å². The zero-order valence-electron chi connectivity index (χ0n) is 17.6. The minimum Gasteiger partial charge on any atom is -0.488 e. The molecule has 0 aliphatic carbocycles. The maximum atomic E-state index is 12.8. The topological polar surface area (TPSA) is 93.7 Å². The number of ether oxygens (including phenoxy) is 2. The molecule has 30 heavy (non-hydrogen) atoms. The summed E-state index contributed by atoms with van der Waals surface area (Å²) >= 11 is 0. The van der Waals surface area contributed by atoms with Gasteiger partial charge in [-0.15, -0.1) is 0 Å². The maximum absolute atomic E-state index is 12.8. The first kappa shape index (κ1) is 21.1. The minimum atomic E-state index is -0.407. The van der Waals surface area contributed by atoms with Gasteiger partial charge in [0.2, 0.25) is 0 Å². The third kappa shape index (κ3) is 4.05. The normalized spacial score (nSPS) is 12.2. The molecule has 0 spiro atoms. The Morgan fingerprint density at radius 2 is 1.77 bits per heavy atom. The summed E-state index contributed by atoms with van der Waals surface area (Å²) in [5.74, 6) is 0.189. The fraction of sp³-hybridized carbons (Fsp3) is 0.261. The van der Waals surface area contributed by atoms with Gasteiger partial charge in [-0.25, -0.2) is 0 Å². The molecule has 2 N–H and O–H groups in total. The van der Waals surface area contributed by atoms with E-state index in [-0.39, 0.29) is 18.4 Å². The molecular formula is C23H24N2O5. The van der Waals surface area contributed by atoms with Gasteiger partial charge in [0.25, 0.3) is 11.8 Å². The van der Waals surface area contributed by atoms with Crippen LogP contribution in [0.25, 0.3) is 6.08 Å². The van der Waals surface area contributed by atoms with Crippen molar-refractivity contribution >= 4 is 29.5 Å². The van der Waals surface area contributed by atoms with Crippen molar-refractivity contribution in [1.29, 1.82) is 0 Å². The predicted molar refractivity (Wildman–Crippen MR) is 114 cm³/mol. The summed E-state index contributed by atoms with van der Waals surface area (Å²) in [4.78, 5) is 36.1. The maximum Gasteiger partial charge on any atom is 0.308 e. The summed E-state index contributed by atoms with van der Waals surface area (Å²) in [6.45, 7) is 7.06. The first-order valence-corrected chi connectivity index (χ1v) is 9.52. The van der Waals surface area contributed by atoms with Crippen molar-refractivity contribution in [3.05, 3.63) is 57.7 Å². The van der Waals surface area contributed by atoms with Crippen molar-refractivity contribution in [2.24, 2.45) is 0 Å². The largest absolute Gasteiger partial charge is 0.488 e. The van der Waals surface area contributed by atoms with Crippen LogP contribution in [0, 0.1) is 20.8 Å². The fourth-order valence-corrected chi connectivity index (χ4v) is 3.36. The first-order valence-electron chi connectivity index (χ1n) is 9.52. The highest BCUT2D eigenvalue weighted by Gasteiger charge is 2.25. The molecule has 7 heteroatoms. The smallest absolute Gasteiger partial charge is 0.308 e. The highest BCUT2D eigenvalue weighted by molar-refractivity contribution is 6.08. The fourth-order valence-electron chi connectivity index (χ4n) is 3.36. The molecule has 7 nitrogen and oxygen atoms in total. The summed E-state index contributed by atoms with van der Waals surface area (Å²) in [7, 11) is 1.55. The predicted octanol–water partition coefficient (Wildman–Crippen LogP) is 3.31. The van der Waals surface area contributed by atoms with E-state index in [0.29, 0.717) is 33.9 Å². The summed E-state index contributed by atoms with van der Waals surface area (Å²) in [5.41, 5.74) is 4.51. The van der Waals surface area contributed by atoms with Crippen LogP contribution in [0.15, 0.2) is 29.8 Å². The lowest BCUT2D eigenvalue weighted by atomic mass is 9.94. The molecule has 0 saturated carbocycles. The molecule has 3 rings (SSSR count). The zero-order chi connectivity index (χ0) is 22.0. The highest BCUT2D eigenvalue weighted by atomic mass is 16.5. The van der Waals surface area contributed by atoms with Gasteiger partial charge in [0.15, 0.2) is 0 Å². The number of carbonyl (C=O) groups excluding carboxylic acids is 3. The molecule has 2 aromatic carbocycles. The van der Waals surface area contributed by atoms with Crippen molar-refractivity contribution in [2.75, 3.05) is 19.0 Å². The van der Waals surface area contributed by atoms with E-state index < -0.39 is 5.97 Å². The van der Waals surface area contributed by atoms with Gasteiger partial charge in [-0.2, -0.15) is 0 Å². The number of esters is 1. The number of anilines is 1. The van der Waals surface area contributed by atoms with E-state index >= 15 is 0 Å². The Balaban J connectivity index is 1.93. The van der Waals surface area contributed by atoms with Gasteiger partial charge < -0.3 is 20.1 Å². The molecule has 0 unspecified atom stereocenters. The van der Waals surface area contributed by atoms with Crippen LogP contribution in [-0.2, 0) is 9.59 Å².